The van der Waals surface area contributed by atoms with E-state index >= 15 is 0 Å². The topological polar surface area (TPSA) is 95.0 Å². The number of carbonyl (C=O) groups excluding carboxylic acids is 1. The summed E-state index contributed by atoms with van der Waals surface area (Å²) in [4.78, 5) is 13.7. The van der Waals surface area contributed by atoms with Gasteiger partial charge >= 0.3 is 0 Å². The Morgan fingerprint density at radius 3 is 2.55 bits per heavy atom. The number of halogens is 2. The molecule has 0 saturated heterocycles. The third kappa shape index (κ3) is 3.94. The van der Waals surface area contributed by atoms with Crippen LogP contribution in [0.3, 0.4) is 0 Å². The first-order chi connectivity index (χ1) is 10.4. The van der Waals surface area contributed by atoms with Crippen LogP contribution in [0.15, 0.2) is 18.2 Å². The van der Waals surface area contributed by atoms with Gasteiger partial charge in [-0.25, -0.2) is 0 Å². The highest BCUT2D eigenvalue weighted by Crippen LogP contribution is 2.25. The molecule has 7 nitrogen and oxygen atoms in total. The number of aromatic amines is 1. The van der Waals surface area contributed by atoms with Gasteiger partial charge in [0.2, 0.25) is 0 Å². The third-order valence-electron chi connectivity index (χ3n) is 3.16. The predicted molar refractivity (Wildman–Crippen MR) is 81.7 cm³/mol. The van der Waals surface area contributed by atoms with Crippen LogP contribution in [-0.4, -0.2) is 50.1 Å². The van der Waals surface area contributed by atoms with E-state index < -0.39 is 12.0 Å². The molecule has 118 valence electrons. The van der Waals surface area contributed by atoms with Gasteiger partial charge in [-0.05, 0) is 23.8 Å². The first-order valence-electron chi connectivity index (χ1n) is 6.51. The van der Waals surface area contributed by atoms with Gasteiger partial charge in [-0.3, -0.25) is 4.79 Å². The Kier molecular flexibility index (Phi) is 5.33. The van der Waals surface area contributed by atoms with E-state index in [2.05, 4.69) is 20.6 Å². The van der Waals surface area contributed by atoms with Crippen molar-refractivity contribution >= 4 is 29.1 Å². The molecule has 0 aliphatic heterocycles. The summed E-state index contributed by atoms with van der Waals surface area (Å²) in [5.74, 6) is -0.0866. The average Bonchev–Trinajstić information content (AvgIpc) is 2.98. The lowest BCUT2D eigenvalue weighted by atomic mass is 10.1. The lowest BCUT2D eigenvalue weighted by Gasteiger charge is -2.23. The number of benzene rings is 1. The number of aliphatic hydroxyl groups excluding tert-OH is 1. The summed E-state index contributed by atoms with van der Waals surface area (Å²) in [5, 5.41) is 24.5. The zero-order valence-electron chi connectivity index (χ0n) is 12.0. The van der Waals surface area contributed by atoms with Gasteiger partial charge in [0, 0.05) is 29.6 Å². The summed E-state index contributed by atoms with van der Waals surface area (Å²) in [7, 11) is 1.59. The largest absolute Gasteiger partial charge is 0.378 e. The Balaban J connectivity index is 2.06. The molecule has 1 aromatic carbocycles. The molecule has 0 fully saturated rings. The smallest absolute Gasteiger partial charge is 0.255 e. The quantitative estimate of drug-likeness (QED) is 0.862. The molecule has 0 bridgehead atoms. The van der Waals surface area contributed by atoms with Gasteiger partial charge in [-0.1, -0.05) is 35.3 Å². The average molecular weight is 344 g/mol. The number of nitrogens with one attached hydrogen (secondary N) is 1. The predicted octanol–water partition coefficient (Wildman–Crippen LogP) is 1.80. The highest BCUT2D eigenvalue weighted by Gasteiger charge is 2.24. The fourth-order valence-electron chi connectivity index (χ4n) is 2.05. The summed E-state index contributed by atoms with van der Waals surface area (Å²) in [5.41, 5.74) is 0.349. The van der Waals surface area contributed by atoms with Crippen LogP contribution in [0.2, 0.25) is 10.0 Å². The molecule has 2 N–H and O–H groups in total. The van der Waals surface area contributed by atoms with Crippen LogP contribution in [0.1, 0.15) is 30.3 Å². The highest BCUT2D eigenvalue weighted by atomic mass is 35.5. The molecule has 0 aliphatic rings. The second kappa shape index (κ2) is 7.04. The molecule has 1 heterocycles. The minimum absolute atomic E-state index is 0.122. The van der Waals surface area contributed by atoms with Gasteiger partial charge in [0.1, 0.15) is 0 Å². The maximum atomic E-state index is 12.3. The standard InChI is InChI=1S/C13H15Cl2N5O2/c1-7(12-16-18-19-17-12)6-20(2)13(22)11(21)8-3-9(14)5-10(15)4-8/h3-5,7,11,21H,6H2,1-2H3,(H,16,17,18,19)/t7-,11-/m1/s1. The number of nitrogens with zero attached hydrogens (tertiary/aromatic N) is 4. The summed E-state index contributed by atoms with van der Waals surface area (Å²) < 4.78 is 0. The Hall–Kier alpha value is -1.70. The van der Waals surface area contributed by atoms with Gasteiger partial charge in [0.25, 0.3) is 5.91 Å². The number of carbonyl (C=O) groups is 1. The molecule has 9 heteroatoms. The summed E-state index contributed by atoms with van der Waals surface area (Å²) in [6.45, 7) is 2.20. The van der Waals surface area contributed by atoms with Gasteiger partial charge in [-0.15, -0.1) is 10.2 Å². The summed E-state index contributed by atoms with van der Waals surface area (Å²) in [6, 6.07) is 4.55. The van der Waals surface area contributed by atoms with Crippen molar-refractivity contribution in [1.29, 1.82) is 0 Å². The van der Waals surface area contributed by atoms with Crippen LogP contribution in [0.25, 0.3) is 0 Å². The first kappa shape index (κ1) is 16.7. The Morgan fingerprint density at radius 1 is 1.36 bits per heavy atom. The van der Waals surface area contributed by atoms with E-state index in [1.54, 1.807) is 7.05 Å². The molecule has 1 aromatic heterocycles. The van der Waals surface area contributed by atoms with Crippen LogP contribution in [-0.2, 0) is 4.79 Å². The van der Waals surface area contributed by atoms with Gasteiger partial charge in [-0.2, -0.15) is 5.21 Å². The van der Waals surface area contributed by atoms with Crippen LogP contribution in [0.4, 0.5) is 0 Å². The zero-order chi connectivity index (χ0) is 16.3. The number of amides is 1. The van der Waals surface area contributed by atoms with Crippen molar-refractivity contribution in [3.05, 3.63) is 39.6 Å². The molecular formula is C13H15Cl2N5O2. The van der Waals surface area contributed by atoms with Crippen molar-refractivity contribution in [3.8, 4) is 0 Å². The van der Waals surface area contributed by atoms with E-state index in [1.807, 2.05) is 6.92 Å². The molecule has 2 aromatic rings. The Bertz CT molecular complexity index is 630. The molecule has 2 rings (SSSR count). The summed E-state index contributed by atoms with van der Waals surface area (Å²) >= 11 is 11.8. The third-order valence-corrected chi connectivity index (χ3v) is 3.60. The fraction of sp³-hybridized carbons (Fsp3) is 0.385. The van der Waals surface area contributed by atoms with E-state index in [-0.39, 0.29) is 5.92 Å². The van der Waals surface area contributed by atoms with E-state index in [1.165, 1.54) is 23.1 Å². The maximum absolute atomic E-state index is 12.3. The second-order valence-corrected chi connectivity index (χ2v) is 5.87. The van der Waals surface area contributed by atoms with E-state index in [4.69, 9.17) is 23.2 Å². The SMILES string of the molecule is C[C@H](CN(C)C(=O)[C@H](O)c1cc(Cl)cc(Cl)c1)c1nn[nH]n1. The number of aromatic nitrogens is 4. The van der Waals surface area contributed by atoms with Gasteiger partial charge in [0.05, 0.1) is 0 Å². The zero-order valence-corrected chi connectivity index (χ0v) is 13.5. The van der Waals surface area contributed by atoms with Crippen molar-refractivity contribution in [2.24, 2.45) is 0 Å². The number of hydrogen-bond acceptors (Lipinski definition) is 5. The molecule has 0 saturated carbocycles. The molecule has 22 heavy (non-hydrogen) atoms. The van der Waals surface area contributed by atoms with Gasteiger partial charge in [0.15, 0.2) is 11.9 Å². The fourth-order valence-corrected chi connectivity index (χ4v) is 2.59. The van der Waals surface area contributed by atoms with Crippen molar-refractivity contribution < 1.29 is 9.90 Å². The Morgan fingerprint density at radius 2 is 2.00 bits per heavy atom. The number of tetrazole rings is 1. The molecule has 2 atom stereocenters. The van der Waals surface area contributed by atoms with Crippen LogP contribution >= 0.6 is 23.2 Å². The highest BCUT2D eigenvalue weighted by molar-refractivity contribution is 6.34. The van der Waals surface area contributed by atoms with Crippen LogP contribution < -0.4 is 0 Å². The van der Waals surface area contributed by atoms with Crippen molar-refractivity contribution in [2.75, 3.05) is 13.6 Å². The van der Waals surface area contributed by atoms with Gasteiger partial charge < -0.3 is 10.0 Å². The first-order valence-corrected chi connectivity index (χ1v) is 7.26. The molecule has 0 spiro atoms. The molecule has 0 radical (unpaired) electrons. The van der Waals surface area contributed by atoms with E-state index in [9.17, 15) is 9.90 Å². The lowest BCUT2D eigenvalue weighted by Crippen LogP contribution is -2.34. The van der Waals surface area contributed by atoms with Crippen molar-refractivity contribution in [3.63, 3.8) is 0 Å². The van der Waals surface area contributed by atoms with E-state index in [0.29, 0.717) is 28.0 Å². The maximum Gasteiger partial charge on any atom is 0.255 e. The normalized spacial score (nSPS) is 13.7. The minimum Gasteiger partial charge on any atom is -0.378 e. The minimum atomic E-state index is -1.33. The number of rotatable bonds is 5. The van der Waals surface area contributed by atoms with Crippen molar-refractivity contribution in [1.82, 2.24) is 25.5 Å². The number of likely N-dealkylation sites (N-methyl/N-ethyl adjacent to an activating group) is 1. The van der Waals surface area contributed by atoms with Crippen LogP contribution in [0.5, 0.6) is 0 Å². The number of aliphatic hydroxyl groups is 1. The second-order valence-electron chi connectivity index (χ2n) is 5.00. The monoisotopic (exact) mass is 343 g/mol. The molecule has 1 amide bonds. The van der Waals surface area contributed by atoms with Crippen molar-refractivity contribution in [2.45, 2.75) is 18.9 Å². The van der Waals surface area contributed by atoms with Crippen LogP contribution in [0, 0.1) is 0 Å². The number of hydrogen-bond donors (Lipinski definition) is 2. The molecule has 0 aliphatic carbocycles. The Labute approximate surface area is 137 Å². The molecular weight excluding hydrogens is 329 g/mol. The number of H-pyrrole nitrogens is 1. The summed E-state index contributed by atoms with van der Waals surface area (Å²) in [6.07, 6.45) is -1.33. The molecule has 0 unspecified atom stereocenters. The lowest BCUT2D eigenvalue weighted by molar-refractivity contribution is -0.139. The van der Waals surface area contributed by atoms with E-state index in [0.717, 1.165) is 0 Å².